The van der Waals surface area contributed by atoms with Crippen molar-refractivity contribution in [2.75, 3.05) is 25.5 Å². The highest BCUT2D eigenvalue weighted by molar-refractivity contribution is 7.93. The van der Waals surface area contributed by atoms with Gasteiger partial charge in [-0.15, -0.1) is 0 Å². The Bertz CT molecular complexity index is 1450. The molecule has 3 heterocycles. The van der Waals surface area contributed by atoms with E-state index in [1.807, 2.05) is 12.3 Å². The van der Waals surface area contributed by atoms with Gasteiger partial charge in [0, 0.05) is 24.4 Å². The summed E-state index contributed by atoms with van der Waals surface area (Å²) in [5.74, 6) is 0.453. The summed E-state index contributed by atoms with van der Waals surface area (Å²) in [5, 5.41) is 18.8. The Morgan fingerprint density at radius 2 is 2.06 bits per heavy atom. The summed E-state index contributed by atoms with van der Waals surface area (Å²) in [5.41, 5.74) is 1.55. The zero-order valence-electron chi connectivity index (χ0n) is 18.4. The third-order valence-corrected chi connectivity index (χ3v) is 6.93. The molecule has 4 aromatic rings. The minimum absolute atomic E-state index is 0.0477. The van der Waals surface area contributed by atoms with Crippen LogP contribution in [0.5, 0.6) is 17.2 Å². The number of fused-ring (bicyclic) bond motifs is 2. The lowest BCUT2D eigenvalue weighted by Gasteiger charge is -2.25. The third kappa shape index (κ3) is 3.80. The van der Waals surface area contributed by atoms with Gasteiger partial charge in [0.05, 0.1) is 33.5 Å². The second-order valence-electron chi connectivity index (χ2n) is 7.68. The topological polar surface area (TPSA) is 138 Å². The van der Waals surface area contributed by atoms with E-state index in [0.29, 0.717) is 35.2 Å². The number of nitrogens with one attached hydrogen (secondary N) is 1. The number of aromatic nitrogens is 3. The highest BCUT2D eigenvalue weighted by Gasteiger charge is 2.33. The molecule has 1 aliphatic rings. The quantitative estimate of drug-likeness (QED) is 0.404. The Balaban J connectivity index is 1.56. The summed E-state index contributed by atoms with van der Waals surface area (Å²) in [7, 11) is -1.43. The zero-order valence-corrected chi connectivity index (χ0v) is 19.2. The van der Waals surface area contributed by atoms with Crippen molar-refractivity contribution in [3.8, 4) is 17.2 Å². The molecule has 2 aromatic carbocycles. The monoisotopic (exact) mass is 486 g/mol. The highest BCUT2D eigenvalue weighted by atomic mass is 32.2. The van der Waals surface area contributed by atoms with E-state index >= 15 is 0 Å². The highest BCUT2D eigenvalue weighted by Crippen LogP contribution is 2.43. The van der Waals surface area contributed by atoms with E-state index in [2.05, 4.69) is 15.0 Å². The van der Waals surface area contributed by atoms with E-state index in [0.717, 1.165) is 5.56 Å². The molecule has 11 nitrogen and oxygen atoms in total. The number of hydrogen-bond donors (Lipinski definition) is 2. The van der Waals surface area contributed by atoms with Gasteiger partial charge in [0.1, 0.15) is 22.6 Å². The molecule has 34 heavy (non-hydrogen) atoms. The van der Waals surface area contributed by atoms with Crippen molar-refractivity contribution >= 4 is 26.8 Å². The Labute approximate surface area is 194 Å². The van der Waals surface area contributed by atoms with Crippen LogP contribution in [0.15, 0.2) is 52.1 Å². The molecular weight excluding hydrogens is 464 g/mol. The van der Waals surface area contributed by atoms with E-state index < -0.39 is 16.1 Å². The normalized spacial score (nSPS) is 15.6. The van der Waals surface area contributed by atoms with Gasteiger partial charge in [-0.3, -0.25) is 9.40 Å². The van der Waals surface area contributed by atoms with Gasteiger partial charge in [0.2, 0.25) is 0 Å². The van der Waals surface area contributed by atoms with Crippen molar-refractivity contribution < 1.29 is 32.3 Å². The number of ether oxygens (including phenoxy) is 3. The molecule has 2 N–H and O–H groups in total. The van der Waals surface area contributed by atoms with Gasteiger partial charge < -0.3 is 23.8 Å². The first-order valence-electron chi connectivity index (χ1n) is 10.4. The standard InChI is InChI=1S/C22H22N4O7S/c1-30-16-5-4-14-15(27)6-9-32-20(14)21(16)34(28,29)25-22-19-17(31-2)10-13(11-18(19)33-24-22)12-26-8-3-7-23-26/h3-5,7-8,10-11,15,27H,6,9,12H2,1-2H3,(H,24,25). The van der Waals surface area contributed by atoms with Crippen LogP contribution in [-0.2, 0) is 16.6 Å². The average molecular weight is 487 g/mol. The summed E-state index contributed by atoms with van der Waals surface area (Å²) in [6, 6.07) is 8.40. The second kappa shape index (κ2) is 8.54. The van der Waals surface area contributed by atoms with Crippen molar-refractivity contribution in [1.29, 1.82) is 0 Å². The summed E-state index contributed by atoms with van der Waals surface area (Å²) in [4.78, 5) is -0.225. The van der Waals surface area contributed by atoms with E-state index in [9.17, 15) is 13.5 Å². The zero-order chi connectivity index (χ0) is 23.9. The van der Waals surface area contributed by atoms with Gasteiger partial charge in [-0.2, -0.15) is 5.10 Å². The lowest BCUT2D eigenvalue weighted by molar-refractivity contribution is 0.112. The molecule has 0 spiro atoms. The summed E-state index contributed by atoms with van der Waals surface area (Å²) < 4.78 is 53.1. The van der Waals surface area contributed by atoms with Crippen LogP contribution in [0.3, 0.4) is 0 Å². The molecule has 178 valence electrons. The van der Waals surface area contributed by atoms with Crippen molar-refractivity contribution in [1.82, 2.24) is 14.9 Å². The van der Waals surface area contributed by atoms with Crippen molar-refractivity contribution in [3.63, 3.8) is 0 Å². The third-order valence-electron chi connectivity index (χ3n) is 5.54. The number of anilines is 1. The summed E-state index contributed by atoms with van der Waals surface area (Å²) >= 11 is 0. The maximum Gasteiger partial charge on any atom is 0.270 e. The predicted octanol–water partition coefficient (Wildman–Crippen LogP) is 2.71. The van der Waals surface area contributed by atoms with Crippen molar-refractivity contribution in [2.24, 2.45) is 0 Å². The van der Waals surface area contributed by atoms with Gasteiger partial charge in [-0.1, -0.05) is 5.16 Å². The van der Waals surface area contributed by atoms with Gasteiger partial charge in [-0.25, -0.2) is 8.42 Å². The van der Waals surface area contributed by atoms with Crippen LogP contribution < -0.4 is 18.9 Å². The number of rotatable bonds is 7. The molecule has 1 aliphatic heterocycles. The molecule has 1 unspecified atom stereocenters. The summed E-state index contributed by atoms with van der Waals surface area (Å²) in [6.07, 6.45) is 3.02. The molecule has 2 aromatic heterocycles. The molecule has 0 aliphatic carbocycles. The number of methoxy groups -OCH3 is 2. The van der Waals surface area contributed by atoms with Crippen LogP contribution in [0.25, 0.3) is 11.0 Å². The molecular formula is C22H22N4O7S. The molecule has 0 saturated carbocycles. The van der Waals surface area contributed by atoms with Gasteiger partial charge in [0.15, 0.2) is 16.3 Å². The second-order valence-corrected chi connectivity index (χ2v) is 9.30. The van der Waals surface area contributed by atoms with Crippen LogP contribution in [0.4, 0.5) is 5.82 Å². The molecule has 1 atom stereocenters. The van der Waals surface area contributed by atoms with E-state index in [-0.39, 0.29) is 28.8 Å². The molecule has 0 radical (unpaired) electrons. The van der Waals surface area contributed by atoms with E-state index in [1.54, 1.807) is 29.1 Å². The fraction of sp³-hybridized carbons (Fsp3) is 0.273. The van der Waals surface area contributed by atoms with Crippen LogP contribution in [0.2, 0.25) is 0 Å². The van der Waals surface area contributed by atoms with Gasteiger partial charge >= 0.3 is 0 Å². The molecule has 0 saturated heterocycles. The van der Waals surface area contributed by atoms with Crippen LogP contribution >= 0.6 is 0 Å². The van der Waals surface area contributed by atoms with Crippen molar-refractivity contribution in [2.45, 2.75) is 24.0 Å². The number of nitrogens with zero attached hydrogens (tertiary/aromatic N) is 3. The van der Waals surface area contributed by atoms with E-state index in [4.69, 9.17) is 18.7 Å². The van der Waals surface area contributed by atoms with Crippen LogP contribution in [0.1, 0.15) is 23.7 Å². The Morgan fingerprint density at radius 3 is 2.79 bits per heavy atom. The molecule has 0 fully saturated rings. The fourth-order valence-corrected chi connectivity index (χ4v) is 5.32. The van der Waals surface area contributed by atoms with Crippen molar-refractivity contribution in [3.05, 3.63) is 53.9 Å². The Morgan fingerprint density at radius 1 is 1.24 bits per heavy atom. The smallest absolute Gasteiger partial charge is 0.270 e. The van der Waals surface area contributed by atoms with Gasteiger partial charge in [-0.05, 0) is 35.9 Å². The molecule has 5 rings (SSSR count). The minimum atomic E-state index is -4.26. The summed E-state index contributed by atoms with van der Waals surface area (Å²) in [6.45, 7) is 0.637. The molecule has 0 amide bonds. The first-order valence-corrected chi connectivity index (χ1v) is 11.9. The SMILES string of the molecule is COc1ccc2c(c1S(=O)(=O)Nc1noc3cc(Cn4cccn4)cc(OC)c13)OCCC2O. The molecule has 12 heteroatoms. The Kier molecular flexibility index (Phi) is 5.54. The lowest BCUT2D eigenvalue weighted by Crippen LogP contribution is -2.21. The van der Waals surface area contributed by atoms with Crippen LogP contribution in [0, 0.1) is 0 Å². The Hall–Kier alpha value is -3.77. The fourth-order valence-electron chi connectivity index (χ4n) is 3.99. The predicted molar refractivity (Wildman–Crippen MR) is 121 cm³/mol. The maximum absolute atomic E-state index is 13.5. The largest absolute Gasteiger partial charge is 0.496 e. The average Bonchev–Trinajstić information content (AvgIpc) is 3.48. The van der Waals surface area contributed by atoms with E-state index in [1.165, 1.54) is 20.3 Å². The first-order chi connectivity index (χ1) is 16.4. The van der Waals surface area contributed by atoms with Crippen LogP contribution in [-0.4, -0.2) is 49.3 Å². The minimum Gasteiger partial charge on any atom is -0.496 e. The number of benzene rings is 2. The maximum atomic E-state index is 13.5. The molecule has 0 bridgehead atoms. The first kappa shape index (κ1) is 22.0. The number of sulfonamides is 1. The number of hydrogen-bond acceptors (Lipinski definition) is 9. The number of aliphatic hydroxyl groups excluding tert-OH is 1. The number of aliphatic hydroxyl groups is 1. The lowest BCUT2D eigenvalue weighted by atomic mass is 10.0. The van der Waals surface area contributed by atoms with Gasteiger partial charge in [0.25, 0.3) is 10.0 Å².